The Morgan fingerprint density at radius 1 is 1.00 bits per heavy atom. The number of nitrogens with zero attached hydrogens (tertiary/aromatic N) is 1. The SMILES string of the molecule is O=C(O)COc1ccc(F)cc1C1c2ccccc2CCN1C(=O)CCCc1ccccc1. The van der Waals surface area contributed by atoms with Crippen LogP contribution in [0.3, 0.4) is 0 Å². The van der Waals surface area contributed by atoms with Crippen LogP contribution >= 0.6 is 0 Å². The van der Waals surface area contributed by atoms with Crippen molar-refractivity contribution in [3.05, 3.63) is 101 Å². The van der Waals surface area contributed by atoms with E-state index in [2.05, 4.69) is 0 Å². The summed E-state index contributed by atoms with van der Waals surface area (Å²) in [4.78, 5) is 26.2. The molecule has 0 saturated carbocycles. The van der Waals surface area contributed by atoms with Crippen LogP contribution in [0.1, 0.15) is 41.1 Å². The van der Waals surface area contributed by atoms with E-state index in [1.54, 1.807) is 4.90 Å². The zero-order valence-corrected chi connectivity index (χ0v) is 18.2. The molecule has 1 amide bonds. The van der Waals surface area contributed by atoms with Gasteiger partial charge in [-0.05, 0) is 54.2 Å². The van der Waals surface area contributed by atoms with Crippen molar-refractivity contribution >= 4 is 11.9 Å². The number of amides is 1. The zero-order valence-electron chi connectivity index (χ0n) is 18.2. The molecular weight excluding hydrogens is 421 g/mol. The second kappa shape index (κ2) is 10.3. The molecular formula is C27H26FNO4. The first-order chi connectivity index (χ1) is 16.0. The molecule has 5 nitrogen and oxygen atoms in total. The van der Waals surface area contributed by atoms with E-state index in [0.29, 0.717) is 31.4 Å². The van der Waals surface area contributed by atoms with E-state index in [9.17, 15) is 14.0 Å². The second-order valence-corrected chi connectivity index (χ2v) is 8.14. The number of aryl methyl sites for hydroxylation is 1. The van der Waals surface area contributed by atoms with Crippen LogP contribution in [0.2, 0.25) is 0 Å². The molecule has 3 aromatic carbocycles. The number of hydrogen-bond donors (Lipinski definition) is 1. The van der Waals surface area contributed by atoms with Gasteiger partial charge in [0.1, 0.15) is 11.6 Å². The fourth-order valence-corrected chi connectivity index (χ4v) is 4.41. The molecule has 0 aliphatic carbocycles. The third-order valence-electron chi connectivity index (χ3n) is 5.92. The van der Waals surface area contributed by atoms with Gasteiger partial charge in [-0.1, -0.05) is 54.6 Å². The molecule has 33 heavy (non-hydrogen) atoms. The Labute approximate surface area is 192 Å². The Morgan fingerprint density at radius 3 is 2.55 bits per heavy atom. The Balaban J connectivity index is 1.63. The maximum Gasteiger partial charge on any atom is 0.341 e. The molecule has 1 aliphatic rings. The van der Waals surface area contributed by atoms with Gasteiger partial charge in [-0.15, -0.1) is 0 Å². The topological polar surface area (TPSA) is 66.8 Å². The lowest BCUT2D eigenvalue weighted by Crippen LogP contribution is -2.40. The molecule has 170 valence electrons. The summed E-state index contributed by atoms with van der Waals surface area (Å²) in [5.74, 6) is -1.34. The Morgan fingerprint density at radius 2 is 1.76 bits per heavy atom. The van der Waals surface area contributed by atoms with Gasteiger partial charge in [-0.25, -0.2) is 9.18 Å². The van der Waals surface area contributed by atoms with Crippen molar-refractivity contribution in [3.63, 3.8) is 0 Å². The van der Waals surface area contributed by atoms with E-state index in [-0.39, 0.29) is 11.7 Å². The molecule has 3 aromatic rings. The summed E-state index contributed by atoms with van der Waals surface area (Å²) in [5.41, 5.74) is 3.63. The van der Waals surface area contributed by atoms with Crippen LogP contribution in [0.15, 0.2) is 72.8 Å². The number of benzene rings is 3. The highest BCUT2D eigenvalue weighted by Gasteiger charge is 2.33. The summed E-state index contributed by atoms with van der Waals surface area (Å²) in [6, 6.07) is 21.3. The van der Waals surface area contributed by atoms with Gasteiger partial charge >= 0.3 is 5.97 Å². The van der Waals surface area contributed by atoms with Crippen LogP contribution in [-0.4, -0.2) is 35.0 Å². The Bertz CT molecular complexity index is 1130. The Hall–Kier alpha value is -3.67. The molecule has 0 fully saturated rings. The summed E-state index contributed by atoms with van der Waals surface area (Å²) in [6.07, 6.45) is 2.58. The summed E-state index contributed by atoms with van der Waals surface area (Å²) < 4.78 is 19.8. The molecule has 0 radical (unpaired) electrons. The van der Waals surface area contributed by atoms with Gasteiger partial charge in [0.2, 0.25) is 5.91 Å². The monoisotopic (exact) mass is 447 g/mol. The number of aliphatic carboxylic acids is 1. The molecule has 1 atom stereocenters. The van der Waals surface area contributed by atoms with Gasteiger partial charge in [0.15, 0.2) is 6.61 Å². The number of rotatable bonds is 8. The van der Waals surface area contributed by atoms with Crippen molar-refractivity contribution in [1.82, 2.24) is 4.90 Å². The summed E-state index contributed by atoms with van der Waals surface area (Å²) in [5, 5.41) is 9.06. The molecule has 0 saturated heterocycles. The van der Waals surface area contributed by atoms with Crippen LogP contribution in [0.4, 0.5) is 4.39 Å². The molecule has 0 spiro atoms. The number of carbonyl (C=O) groups excluding carboxylic acids is 1. The minimum absolute atomic E-state index is 0.0149. The van der Waals surface area contributed by atoms with Crippen molar-refractivity contribution in [1.29, 1.82) is 0 Å². The first kappa shape index (κ1) is 22.5. The standard InChI is InChI=1S/C27H26FNO4/c28-21-13-14-24(33-18-26(31)32)23(17-21)27-22-11-5-4-10-20(22)15-16-29(27)25(30)12-6-9-19-7-2-1-3-8-19/h1-5,7-8,10-11,13-14,17,27H,6,9,12,15-16,18H2,(H,31,32). The molecule has 1 N–H and O–H groups in total. The summed E-state index contributed by atoms with van der Waals surface area (Å²) >= 11 is 0. The normalized spacial score (nSPS) is 15.1. The molecule has 6 heteroatoms. The minimum Gasteiger partial charge on any atom is -0.482 e. The van der Waals surface area contributed by atoms with Crippen molar-refractivity contribution in [2.75, 3.05) is 13.2 Å². The predicted octanol–water partition coefficient (Wildman–Crippen LogP) is 4.79. The van der Waals surface area contributed by atoms with Gasteiger partial charge < -0.3 is 14.7 Å². The van der Waals surface area contributed by atoms with Gasteiger partial charge in [0.25, 0.3) is 0 Å². The van der Waals surface area contributed by atoms with E-state index >= 15 is 0 Å². The zero-order chi connectivity index (χ0) is 23.2. The van der Waals surface area contributed by atoms with Gasteiger partial charge in [0.05, 0.1) is 6.04 Å². The molecule has 1 aliphatic heterocycles. The maximum absolute atomic E-state index is 14.3. The summed E-state index contributed by atoms with van der Waals surface area (Å²) in [7, 11) is 0. The van der Waals surface area contributed by atoms with Gasteiger partial charge in [0, 0.05) is 18.5 Å². The average Bonchev–Trinajstić information content (AvgIpc) is 2.83. The van der Waals surface area contributed by atoms with Crippen LogP contribution in [0.5, 0.6) is 5.75 Å². The molecule has 0 bridgehead atoms. The van der Waals surface area contributed by atoms with E-state index < -0.39 is 24.4 Å². The van der Waals surface area contributed by atoms with Crippen molar-refractivity contribution in [2.24, 2.45) is 0 Å². The number of fused-ring (bicyclic) bond motifs is 1. The highest BCUT2D eigenvalue weighted by Crippen LogP contribution is 2.40. The highest BCUT2D eigenvalue weighted by molar-refractivity contribution is 5.78. The largest absolute Gasteiger partial charge is 0.482 e. The third-order valence-corrected chi connectivity index (χ3v) is 5.92. The van der Waals surface area contributed by atoms with Crippen LogP contribution in [-0.2, 0) is 22.4 Å². The number of carboxylic acids is 1. The Kier molecular flexibility index (Phi) is 7.03. The quantitative estimate of drug-likeness (QED) is 0.539. The van der Waals surface area contributed by atoms with Crippen LogP contribution < -0.4 is 4.74 Å². The predicted molar refractivity (Wildman–Crippen MR) is 123 cm³/mol. The lowest BCUT2D eigenvalue weighted by Gasteiger charge is -2.38. The fourth-order valence-electron chi connectivity index (χ4n) is 4.41. The number of carbonyl (C=O) groups is 2. The van der Waals surface area contributed by atoms with E-state index in [1.807, 2.05) is 54.6 Å². The van der Waals surface area contributed by atoms with Crippen LogP contribution in [0.25, 0.3) is 0 Å². The number of ether oxygens (including phenoxy) is 1. The lowest BCUT2D eigenvalue weighted by molar-refractivity contribution is -0.139. The first-order valence-electron chi connectivity index (χ1n) is 11.1. The summed E-state index contributed by atoms with van der Waals surface area (Å²) in [6.45, 7) is -0.0429. The molecule has 1 heterocycles. The van der Waals surface area contributed by atoms with Gasteiger partial charge in [-0.2, -0.15) is 0 Å². The molecule has 0 aromatic heterocycles. The van der Waals surface area contributed by atoms with Gasteiger partial charge in [-0.3, -0.25) is 4.79 Å². The smallest absolute Gasteiger partial charge is 0.341 e. The third kappa shape index (κ3) is 5.40. The van der Waals surface area contributed by atoms with Crippen molar-refractivity contribution in [3.8, 4) is 5.75 Å². The average molecular weight is 448 g/mol. The lowest BCUT2D eigenvalue weighted by atomic mass is 9.87. The van der Waals surface area contributed by atoms with Crippen LogP contribution in [0, 0.1) is 5.82 Å². The molecule has 4 rings (SSSR count). The number of hydrogen-bond acceptors (Lipinski definition) is 3. The fraction of sp³-hybridized carbons (Fsp3) is 0.259. The van der Waals surface area contributed by atoms with Crippen molar-refractivity contribution in [2.45, 2.75) is 31.7 Å². The first-order valence-corrected chi connectivity index (χ1v) is 11.1. The number of carboxylic acid groups (broad SMARTS) is 1. The maximum atomic E-state index is 14.3. The van der Waals surface area contributed by atoms with E-state index in [4.69, 9.17) is 9.84 Å². The number of halogens is 1. The van der Waals surface area contributed by atoms with E-state index in [1.165, 1.54) is 23.8 Å². The van der Waals surface area contributed by atoms with Crippen molar-refractivity contribution < 1.29 is 23.8 Å². The molecule has 1 unspecified atom stereocenters. The second-order valence-electron chi connectivity index (χ2n) is 8.14. The van der Waals surface area contributed by atoms with E-state index in [0.717, 1.165) is 17.5 Å². The highest BCUT2D eigenvalue weighted by atomic mass is 19.1. The minimum atomic E-state index is -1.12.